The van der Waals surface area contributed by atoms with Gasteiger partial charge in [-0.1, -0.05) is 191 Å². The van der Waals surface area contributed by atoms with E-state index in [2.05, 4.69) is 227 Å². The zero-order valence-electron chi connectivity index (χ0n) is 35.5. The van der Waals surface area contributed by atoms with Crippen molar-refractivity contribution in [1.82, 2.24) is 0 Å². The molecule has 0 N–H and O–H groups in total. The largest absolute Gasteiger partial charge is 0.310 e. The Bertz CT molecular complexity index is 3030. The number of benzene rings is 9. The third-order valence-electron chi connectivity index (χ3n) is 13.5. The molecule has 0 atom stereocenters. The molecule has 0 heterocycles. The third kappa shape index (κ3) is 6.10. The van der Waals surface area contributed by atoms with E-state index in [-0.39, 0.29) is 16.9 Å². The van der Waals surface area contributed by atoms with Crippen LogP contribution >= 0.6 is 0 Å². The second kappa shape index (κ2) is 14.7. The molecule has 2 aliphatic carbocycles. The molecule has 62 heavy (non-hydrogen) atoms. The SMILES string of the molecule is CC1(C)c2ccccc2-c2ccc(N(c3ccc(-c4cccc5c(N=NC(c6ccccc6)c6ccccc6)cccc45)cc3)c3ccc4c(c3)C(C)(C)c3ccccc3-4)cc21. The predicted octanol–water partition coefficient (Wildman–Crippen LogP) is 16.5. The van der Waals surface area contributed by atoms with Crippen molar-refractivity contribution in [1.29, 1.82) is 0 Å². The predicted molar refractivity (Wildman–Crippen MR) is 258 cm³/mol. The van der Waals surface area contributed by atoms with E-state index in [1.54, 1.807) is 0 Å². The normalized spacial score (nSPS) is 14.1. The molecule has 0 amide bonds. The second-order valence-electron chi connectivity index (χ2n) is 17.8. The third-order valence-corrected chi connectivity index (χ3v) is 13.5. The molecule has 3 nitrogen and oxygen atoms in total. The zero-order chi connectivity index (χ0) is 42.0. The Morgan fingerprint density at radius 2 is 0.823 bits per heavy atom. The first-order valence-electron chi connectivity index (χ1n) is 21.7. The quantitative estimate of drug-likeness (QED) is 0.141. The summed E-state index contributed by atoms with van der Waals surface area (Å²) in [5.41, 5.74) is 19.3. The minimum absolute atomic E-state index is 0.115. The number of hydrogen-bond donors (Lipinski definition) is 0. The van der Waals surface area contributed by atoms with Gasteiger partial charge < -0.3 is 4.90 Å². The van der Waals surface area contributed by atoms with Gasteiger partial charge in [-0.15, -0.1) is 0 Å². The first-order chi connectivity index (χ1) is 30.3. The van der Waals surface area contributed by atoms with Gasteiger partial charge in [-0.2, -0.15) is 10.2 Å². The van der Waals surface area contributed by atoms with E-state index in [1.165, 1.54) is 44.5 Å². The average Bonchev–Trinajstić information content (AvgIpc) is 3.69. The number of azo groups is 1. The molecule has 298 valence electrons. The Morgan fingerprint density at radius 3 is 1.39 bits per heavy atom. The zero-order valence-corrected chi connectivity index (χ0v) is 35.5. The molecule has 0 saturated carbocycles. The van der Waals surface area contributed by atoms with Crippen LogP contribution in [0.1, 0.15) is 67.1 Å². The van der Waals surface area contributed by atoms with Crippen molar-refractivity contribution in [2.45, 2.75) is 44.6 Å². The lowest BCUT2D eigenvalue weighted by Gasteiger charge is -2.30. The van der Waals surface area contributed by atoms with Crippen LogP contribution in [0.4, 0.5) is 22.7 Å². The second-order valence-corrected chi connectivity index (χ2v) is 17.8. The van der Waals surface area contributed by atoms with E-state index in [1.807, 2.05) is 12.1 Å². The van der Waals surface area contributed by atoms with Crippen molar-refractivity contribution < 1.29 is 0 Å². The maximum Gasteiger partial charge on any atom is 0.121 e. The monoisotopic (exact) mass is 797 g/mol. The Morgan fingerprint density at radius 1 is 0.371 bits per heavy atom. The highest BCUT2D eigenvalue weighted by Gasteiger charge is 2.37. The smallest absolute Gasteiger partial charge is 0.121 e. The van der Waals surface area contributed by atoms with Crippen molar-refractivity contribution >= 4 is 33.5 Å². The minimum Gasteiger partial charge on any atom is -0.310 e. The molecular formula is C59H47N3. The van der Waals surface area contributed by atoms with Gasteiger partial charge in [0.25, 0.3) is 0 Å². The first kappa shape index (κ1) is 37.6. The van der Waals surface area contributed by atoms with Crippen molar-refractivity contribution in [2.24, 2.45) is 10.2 Å². The molecule has 11 rings (SSSR count). The number of fused-ring (bicyclic) bond motifs is 7. The molecule has 0 aliphatic heterocycles. The average molecular weight is 798 g/mol. The highest BCUT2D eigenvalue weighted by atomic mass is 15.1. The van der Waals surface area contributed by atoms with Crippen LogP contribution in [-0.4, -0.2) is 0 Å². The Balaban J connectivity index is 0.995. The molecule has 0 bridgehead atoms. The standard InChI is InChI=1S/C59H47N3/c1-58(2)52-26-13-11-21-47(52)49-35-33-43(37-54(49)58)62(44-34-36-50-48-22-12-14-27-53(48)59(3,4)55(50)38-44)42-31-29-39(30-32-42)45-23-15-25-51-46(45)24-16-28-56(51)60-61-57(40-17-7-5-8-18-40)41-19-9-6-10-20-41/h5-38,57H,1-4H3. The van der Waals surface area contributed by atoms with E-state index in [0.29, 0.717) is 0 Å². The maximum absolute atomic E-state index is 4.98. The van der Waals surface area contributed by atoms with Crippen LogP contribution in [0.2, 0.25) is 0 Å². The van der Waals surface area contributed by atoms with Crippen molar-refractivity contribution in [3.63, 3.8) is 0 Å². The molecule has 0 radical (unpaired) electrons. The molecule has 0 spiro atoms. The maximum atomic E-state index is 4.98. The van der Waals surface area contributed by atoms with Gasteiger partial charge >= 0.3 is 0 Å². The Kier molecular flexibility index (Phi) is 8.91. The van der Waals surface area contributed by atoms with Crippen LogP contribution in [0, 0.1) is 0 Å². The molecule has 0 aromatic heterocycles. The van der Waals surface area contributed by atoms with E-state index >= 15 is 0 Å². The molecule has 9 aromatic carbocycles. The lowest BCUT2D eigenvalue weighted by Crippen LogP contribution is -2.18. The van der Waals surface area contributed by atoms with Gasteiger partial charge in [-0.3, -0.25) is 0 Å². The fourth-order valence-corrected chi connectivity index (χ4v) is 10.2. The van der Waals surface area contributed by atoms with Crippen LogP contribution in [0.3, 0.4) is 0 Å². The molecule has 3 heteroatoms. The van der Waals surface area contributed by atoms with Gasteiger partial charge in [0.1, 0.15) is 6.04 Å². The highest BCUT2D eigenvalue weighted by molar-refractivity contribution is 6.02. The number of hydrogen-bond acceptors (Lipinski definition) is 3. The fraction of sp³-hybridized carbons (Fsp3) is 0.119. The Hall–Kier alpha value is -7.36. The van der Waals surface area contributed by atoms with Crippen LogP contribution in [0.25, 0.3) is 44.2 Å². The van der Waals surface area contributed by atoms with Crippen LogP contribution in [0.15, 0.2) is 216 Å². The van der Waals surface area contributed by atoms with Gasteiger partial charge in [0, 0.05) is 33.3 Å². The van der Waals surface area contributed by atoms with E-state index in [9.17, 15) is 0 Å². The fourth-order valence-electron chi connectivity index (χ4n) is 10.2. The summed E-state index contributed by atoms with van der Waals surface area (Å²) in [4.78, 5) is 2.44. The molecule has 2 aliphatic rings. The number of rotatable bonds is 8. The first-order valence-corrected chi connectivity index (χ1v) is 21.7. The van der Waals surface area contributed by atoms with Crippen molar-refractivity contribution in [3.05, 3.63) is 240 Å². The van der Waals surface area contributed by atoms with Crippen molar-refractivity contribution in [3.8, 4) is 33.4 Å². The van der Waals surface area contributed by atoms with Crippen LogP contribution < -0.4 is 4.90 Å². The summed E-state index contributed by atoms with van der Waals surface area (Å²) in [6.45, 7) is 9.43. The molecule has 0 unspecified atom stereocenters. The lowest BCUT2D eigenvalue weighted by atomic mass is 9.82. The van der Waals surface area contributed by atoms with E-state index < -0.39 is 0 Å². The summed E-state index contributed by atoms with van der Waals surface area (Å²) in [7, 11) is 0. The van der Waals surface area contributed by atoms with Crippen molar-refractivity contribution in [2.75, 3.05) is 4.90 Å². The van der Waals surface area contributed by atoms with E-state index in [0.717, 1.165) is 55.8 Å². The van der Waals surface area contributed by atoms with Crippen LogP contribution in [-0.2, 0) is 10.8 Å². The minimum atomic E-state index is -0.203. The summed E-state index contributed by atoms with van der Waals surface area (Å²) in [5.74, 6) is 0. The molecule has 9 aromatic rings. The summed E-state index contributed by atoms with van der Waals surface area (Å²) >= 11 is 0. The van der Waals surface area contributed by atoms with E-state index in [4.69, 9.17) is 10.2 Å². The van der Waals surface area contributed by atoms with Crippen LogP contribution in [0.5, 0.6) is 0 Å². The highest BCUT2D eigenvalue weighted by Crippen LogP contribution is 2.53. The van der Waals surface area contributed by atoms with Gasteiger partial charge in [0.15, 0.2) is 0 Å². The number of anilines is 3. The summed E-state index contributed by atoms with van der Waals surface area (Å²) in [6.07, 6.45) is 0. The molecular weight excluding hydrogens is 751 g/mol. The molecule has 0 saturated heterocycles. The summed E-state index contributed by atoms with van der Waals surface area (Å²) in [6, 6.07) is 74.5. The van der Waals surface area contributed by atoms with Gasteiger partial charge in [0.2, 0.25) is 0 Å². The van der Waals surface area contributed by atoms with Gasteiger partial charge in [-0.25, -0.2) is 0 Å². The summed E-state index contributed by atoms with van der Waals surface area (Å²) < 4.78 is 0. The summed E-state index contributed by atoms with van der Waals surface area (Å²) in [5, 5.41) is 12.1. The lowest BCUT2D eigenvalue weighted by molar-refractivity contribution is 0.660. The molecule has 0 fully saturated rings. The van der Waals surface area contributed by atoms with Gasteiger partial charge in [-0.05, 0) is 115 Å². The number of nitrogens with zero attached hydrogens (tertiary/aromatic N) is 3. The van der Waals surface area contributed by atoms with Gasteiger partial charge in [0.05, 0.1) is 5.69 Å². The topological polar surface area (TPSA) is 28.0 Å². The Labute approximate surface area is 364 Å².